The van der Waals surface area contributed by atoms with Crippen LogP contribution in [0.25, 0.3) is 11.0 Å². The van der Waals surface area contributed by atoms with Gasteiger partial charge in [-0.05, 0) is 37.9 Å². The van der Waals surface area contributed by atoms with Crippen LogP contribution in [0.5, 0.6) is 0 Å². The molecule has 1 aromatic carbocycles. The highest BCUT2D eigenvalue weighted by Gasteiger charge is 2.15. The summed E-state index contributed by atoms with van der Waals surface area (Å²) in [5, 5.41) is 15.0. The molecule has 2 heterocycles. The topological polar surface area (TPSA) is 83.8 Å². The van der Waals surface area contributed by atoms with Gasteiger partial charge in [0, 0.05) is 17.9 Å². The maximum atomic E-state index is 10.7. The molecule has 1 saturated heterocycles. The molecule has 0 saturated carbocycles. The standard InChI is InChI=1S/C13H16N4O2S/c18-17(19)10-3-4-11-12(6-10)16-13(15-11)20-8-9-2-1-5-14-7-9/h3-4,6,9,14H,1-2,5,7-8H2,(H,15,16)/t9-/m1/s1. The van der Waals surface area contributed by atoms with Gasteiger partial charge in [-0.2, -0.15) is 0 Å². The zero-order valence-electron chi connectivity index (χ0n) is 11.0. The minimum absolute atomic E-state index is 0.0918. The molecule has 0 unspecified atom stereocenters. The summed E-state index contributed by atoms with van der Waals surface area (Å²) in [7, 11) is 0. The van der Waals surface area contributed by atoms with E-state index in [1.807, 2.05) is 0 Å². The van der Waals surface area contributed by atoms with Gasteiger partial charge in [-0.25, -0.2) is 4.98 Å². The first-order valence-corrected chi connectivity index (χ1v) is 7.68. The maximum absolute atomic E-state index is 10.7. The Labute approximate surface area is 120 Å². The van der Waals surface area contributed by atoms with Crippen molar-refractivity contribution in [3.63, 3.8) is 0 Å². The Hall–Kier alpha value is -1.60. The number of aromatic amines is 1. The molecule has 1 atom stereocenters. The van der Waals surface area contributed by atoms with Crippen LogP contribution in [0, 0.1) is 16.0 Å². The normalized spacial score (nSPS) is 19.3. The third-order valence-corrected chi connectivity index (χ3v) is 4.61. The first kappa shape index (κ1) is 13.4. The number of benzene rings is 1. The summed E-state index contributed by atoms with van der Waals surface area (Å²) in [4.78, 5) is 18.0. The largest absolute Gasteiger partial charge is 0.333 e. The Morgan fingerprint density at radius 1 is 1.50 bits per heavy atom. The number of non-ortho nitro benzene ring substituents is 1. The number of nitro groups is 1. The number of imidazole rings is 1. The molecule has 1 aliphatic rings. The summed E-state index contributed by atoms with van der Waals surface area (Å²) in [5.41, 5.74) is 1.59. The number of rotatable bonds is 4. The summed E-state index contributed by atoms with van der Waals surface area (Å²) in [6.07, 6.45) is 2.49. The van der Waals surface area contributed by atoms with Gasteiger partial charge in [0.2, 0.25) is 0 Å². The Bertz CT molecular complexity index is 622. The lowest BCUT2D eigenvalue weighted by Gasteiger charge is -2.21. The van der Waals surface area contributed by atoms with Gasteiger partial charge in [0.1, 0.15) is 0 Å². The van der Waals surface area contributed by atoms with Crippen LogP contribution in [0.15, 0.2) is 23.4 Å². The molecule has 0 radical (unpaired) electrons. The first-order chi connectivity index (χ1) is 9.72. The summed E-state index contributed by atoms with van der Waals surface area (Å²) < 4.78 is 0. The van der Waals surface area contributed by atoms with Gasteiger partial charge in [0.15, 0.2) is 5.16 Å². The van der Waals surface area contributed by atoms with Crippen LogP contribution >= 0.6 is 11.8 Å². The van der Waals surface area contributed by atoms with E-state index in [9.17, 15) is 10.1 Å². The van der Waals surface area contributed by atoms with Crippen LogP contribution in [0.3, 0.4) is 0 Å². The second-order valence-electron chi connectivity index (χ2n) is 5.02. The monoisotopic (exact) mass is 292 g/mol. The van der Waals surface area contributed by atoms with Crippen molar-refractivity contribution in [3.05, 3.63) is 28.3 Å². The van der Waals surface area contributed by atoms with Crippen molar-refractivity contribution in [2.24, 2.45) is 5.92 Å². The van der Waals surface area contributed by atoms with E-state index < -0.39 is 0 Å². The van der Waals surface area contributed by atoms with Gasteiger partial charge in [0.25, 0.3) is 5.69 Å². The first-order valence-electron chi connectivity index (χ1n) is 6.70. The average Bonchev–Trinajstić information content (AvgIpc) is 2.88. The van der Waals surface area contributed by atoms with Crippen LogP contribution in [-0.2, 0) is 0 Å². The Morgan fingerprint density at radius 2 is 2.40 bits per heavy atom. The van der Waals surface area contributed by atoms with Crippen molar-refractivity contribution >= 4 is 28.5 Å². The van der Waals surface area contributed by atoms with Gasteiger partial charge in [-0.3, -0.25) is 10.1 Å². The van der Waals surface area contributed by atoms with Crippen molar-refractivity contribution in [1.29, 1.82) is 0 Å². The SMILES string of the molecule is O=[N+]([O-])c1ccc2nc(SC[C@@H]3CCCNC3)[nH]c2c1. The van der Waals surface area contributed by atoms with E-state index in [0.717, 1.165) is 35.0 Å². The predicted molar refractivity (Wildman–Crippen MR) is 79.1 cm³/mol. The van der Waals surface area contributed by atoms with Crippen molar-refractivity contribution in [2.75, 3.05) is 18.8 Å². The van der Waals surface area contributed by atoms with Crippen LogP contribution in [0.4, 0.5) is 5.69 Å². The van der Waals surface area contributed by atoms with Gasteiger partial charge < -0.3 is 10.3 Å². The molecule has 0 bridgehead atoms. The molecule has 106 valence electrons. The van der Waals surface area contributed by atoms with Gasteiger partial charge in [0.05, 0.1) is 16.0 Å². The van der Waals surface area contributed by atoms with Crippen LogP contribution in [0.1, 0.15) is 12.8 Å². The van der Waals surface area contributed by atoms with Crippen molar-refractivity contribution < 1.29 is 4.92 Å². The summed E-state index contributed by atoms with van der Waals surface area (Å²) in [6.45, 7) is 2.19. The summed E-state index contributed by atoms with van der Waals surface area (Å²) in [6, 6.07) is 4.72. The third-order valence-electron chi connectivity index (χ3n) is 3.51. The molecule has 1 aromatic heterocycles. The highest BCUT2D eigenvalue weighted by Crippen LogP contribution is 2.25. The molecule has 7 heteroatoms. The lowest BCUT2D eigenvalue weighted by atomic mass is 10.0. The number of hydrogen-bond donors (Lipinski definition) is 2. The lowest BCUT2D eigenvalue weighted by molar-refractivity contribution is -0.384. The molecular weight excluding hydrogens is 276 g/mol. The zero-order chi connectivity index (χ0) is 13.9. The van der Waals surface area contributed by atoms with Crippen molar-refractivity contribution in [3.8, 4) is 0 Å². The maximum Gasteiger partial charge on any atom is 0.271 e. The molecule has 0 amide bonds. The smallest absolute Gasteiger partial charge is 0.271 e. The van der Waals surface area contributed by atoms with Gasteiger partial charge in [-0.1, -0.05) is 11.8 Å². The van der Waals surface area contributed by atoms with E-state index in [-0.39, 0.29) is 10.6 Å². The van der Waals surface area contributed by atoms with E-state index in [0.29, 0.717) is 5.92 Å². The van der Waals surface area contributed by atoms with Crippen LogP contribution in [0.2, 0.25) is 0 Å². The summed E-state index contributed by atoms with van der Waals surface area (Å²) >= 11 is 1.69. The number of H-pyrrole nitrogens is 1. The fourth-order valence-corrected chi connectivity index (χ4v) is 3.44. The molecule has 0 spiro atoms. The Kier molecular flexibility index (Phi) is 3.88. The van der Waals surface area contributed by atoms with Crippen molar-refractivity contribution in [2.45, 2.75) is 18.0 Å². The van der Waals surface area contributed by atoms with Gasteiger partial charge >= 0.3 is 0 Å². The molecule has 3 rings (SSSR count). The Morgan fingerprint density at radius 3 is 3.15 bits per heavy atom. The van der Waals surface area contributed by atoms with Crippen LogP contribution < -0.4 is 5.32 Å². The molecular formula is C13H16N4O2S. The molecule has 6 nitrogen and oxygen atoms in total. The molecule has 0 aliphatic carbocycles. The second kappa shape index (κ2) is 5.80. The minimum atomic E-state index is -0.388. The molecule has 1 fully saturated rings. The van der Waals surface area contributed by atoms with Crippen LogP contribution in [-0.4, -0.2) is 33.7 Å². The Balaban J connectivity index is 1.70. The summed E-state index contributed by atoms with van der Waals surface area (Å²) in [5.74, 6) is 1.70. The molecule has 1 aliphatic heterocycles. The van der Waals surface area contributed by atoms with E-state index in [2.05, 4.69) is 15.3 Å². The predicted octanol–water partition coefficient (Wildman–Crippen LogP) is 2.56. The number of piperidine rings is 1. The quantitative estimate of drug-likeness (QED) is 0.514. The van der Waals surface area contributed by atoms with E-state index >= 15 is 0 Å². The molecule has 2 aromatic rings. The number of nitro benzene ring substituents is 1. The highest BCUT2D eigenvalue weighted by molar-refractivity contribution is 7.99. The van der Waals surface area contributed by atoms with Crippen molar-refractivity contribution in [1.82, 2.24) is 15.3 Å². The number of aromatic nitrogens is 2. The van der Waals surface area contributed by atoms with E-state index in [1.165, 1.54) is 25.0 Å². The molecule has 20 heavy (non-hydrogen) atoms. The zero-order valence-corrected chi connectivity index (χ0v) is 11.8. The fourth-order valence-electron chi connectivity index (χ4n) is 2.42. The van der Waals surface area contributed by atoms with Gasteiger partial charge in [-0.15, -0.1) is 0 Å². The number of thioether (sulfide) groups is 1. The third kappa shape index (κ3) is 2.94. The number of nitrogens with one attached hydrogen (secondary N) is 2. The lowest BCUT2D eigenvalue weighted by Crippen LogP contribution is -2.30. The number of fused-ring (bicyclic) bond motifs is 1. The average molecular weight is 292 g/mol. The minimum Gasteiger partial charge on any atom is -0.333 e. The van der Waals surface area contributed by atoms with E-state index in [1.54, 1.807) is 17.8 Å². The fraction of sp³-hybridized carbons (Fsp3) is 0.462. The van der Waals surface area contributed by atoms with E-state index in [4.69, 9.17) is 0 Å². The number of nitrogens with zero attached hydrogens (tertiary/aromatic N) is 2. The number of hydrogen-bond acceptors (Lipinski definition) is 5. The molecule has 2 N–H and O–H groups in total. The second-order valence-corrected chi connectivity index (χ2v) is 6.03. The highest BCUT2D eigenvalue weighted by atomic mass is 32.2.